The van der Waals surface area contributed by atoms with Crippen molar-refractivity contribution < 1.29 is 24.1 Å². The van der Waals surface area contributed by atoms with Crippen LogP contribution in [0.15, 0.2) is 60.7 Å². The van der Waals surface area contributed by atoms with Gasteiger partial charge in [0.25, 0.3) is 0 Å². The molecule has 0 heterocycles. The number of carbonyl (C=O) groups is 1. The number of aryl methyl sites for hydroxylation is 4. The standard InChI is InChI=1S/C26H28O5/c1-29-23-14-8-19(9-15-23)7-13-22-16-21(24(30-2)17-25(22)31-3)12-6-18-4-10-20(11-5-18)26(27)28/h4-5,8-11,14-17H,6-7,12-13H2,1-3H3,(H,27,28). The van der Waals surface area contributed by atoms with Gasteiger partial charge in [-0.25, -0.2) is 4.79 Å². The van der Waals surface area contributed by atoms with E-state index in [-0.39, 0.29) is 0 Å². The summed E-state index contributed by atoms with van der Waals surface area (Å²) in [5.74, 6) is 1.56. The molecule has 0 fully saturated rings. The van der Waals surface area contributed by atoms with E-state index in [0.29, 0.717) is 5.56 Å². The van der Waals surface area contributed by atoms with Crippen molar-refractivity contribution in [3.63, 3.8) is 0 Å². The van der Waals surface area contributed by atoms with Crippen molar-refractivity contribution in [1.82, 2.24) is 0 Å². The van der Waals surface area contributed by atoms with Gasteiger partial charge in [-0.05, 0) is 78.3 Å². The number of benzene rings is 3. The first kappa shape index (κ1) is 22.2. The molecule has 162 valence electrons. The van der Waals surface area contributed by atoms with Crippen molar-refractivity contribution in [3.05, 3.63) is 88.5 Å². The number of carboxylic acids is 1. The fourth-order valence-electron chi connectivity index (χ4n) is 3.59. The third-order valence-corrected chi connectivity index (χ3v) is 5.41. The molecule has 0 atom stereocenters. The van der Waals surface area contributed by atoms with E-state index in [0.717, 1.165) is 59.6 Å². The minimum Gasteiger partial charge on any atom is -0.497 e. The van der Waals surface area contributed by atoms with Crippen molar-refractivity contribution in [1.29, 1.82) is 0 Å². The molecule has 31 heavy (non-hydrogen) atoms. The number of hydrogen-bond donors (Lipinski definition) is 1. The molecule has 3 rings (SSSR count). The fourth-order valence-corrected chi connectivity index (χ4v) is 3.59. The van der Waals surface area contributed by atoms with Crippen molar-refractivity contribution in [2.75, 3.05) is 21.3 Å². The Kier molecular flexibility index (Phi) is 7.55. The van der Waals surface area contributed by atoms with Crippen LogP contribution in [-0.2, 0) is 25.7 Å². The summed E-state index contributed by atoms with van der Waals surface area (Å²) in [6.45, 7) is 0. The van der Waals surface area contributed by atoms with Gasteiger partial charge in [0, 0.05) is 6.07 Å². The van der Waals surface area contributed by atoms with Gasteiger partial charge < -0.3 is 19.3 Å². The van der Waals surface area contributed by atoms with Crippen LogP contribution in [0.5, 0.6) is 17.2 Å². The molecule has 0 saturated heterocycles. The van der Waals surface area contributed by atoms with Crippen molar-refractivity contribution >= 4 is 5.97 Å². The van der Waals surface area contributed by atoms with Gasteiger partial charge >= 0.3 is 5.97 Å². The molecule has 0 bridgehead atoms. The number of carboxylic acid groups (broad SMARTS) is 1. The summed E-state index contributed by atoms with van der Waals surface area (Å²) in [4.78, 5) is 11.0. The Morgan fingerprint density at radius 2 is 1.16 bits per heavy atom. The molecule has 0 spiro atoms. The molecule has 0 amide bonds. The highest BCUT2D eigenvalue weighted by atomic mass is 16.5. The first-order valence-corrected chi connectivity index (χ1v) is 10.2. The number of methoxy groups -OCH3 is 3. The second kappa shape index (κ2) is 10.5. The van der Waals surface area contributed by atoms with Gasteiger partial charge in [0.2, 0.25) is 0 Å². The third kappa shape index (κ3) is 5.79. The highest BCUT2D eigenvalue weighted by Gasteiger charge is 2.12. The highest BCUT2D eigenvalue weighted by molar-refractivity contribution is 5.87. The molecule has 0 aromatic heterocycles. The summed E-state index contributed by atoms with van der Waals surface area (Å²) in [7, 11) is 5.01. The van der Waals surface area contributed by atoms with Gasteiger partial charge in [-0.15, -0.1) is 0 Å². The van der Waals surface area contributed by atoms with Gasteiger partial charge in [-0.3, -0.25) is 0 Å². The Hall–Kier alpha value is -3.47. The average molecular weight is 421 g/mol. The average Bonchev–Trinajstić information content (AvgIpc) is 2.81. The summed E-state index contributed by atoms with van der Waals surface area (Å²) in [6.07, 6.45) is 3.32. The Bertz CT molecular complexity index is 1010. The van der Waals surface area contributed by atoms with Gasteiger partial charge in [-0.1, -0.05) is 24.3 Å². The van der Waals surface area contributed by atoms with Crippen LogP contribution in [0.25, 0.3) is 0 Å². The van der Waals surface area contributed by atoms with Gasteiger partial charge in [0.15, 0.2) is 0 Å². The lowest BCUT2D eigenvalue weighted by molar-refractivity contribution is 0.0697. The van der Waals surface area contributed by atoms with E-state index in [1.165, 1.54) is 5.56 Å². The summed E-state index contributed by atoms with van der Waals surface area (Å²) in [5.41, 5.74) is 4.86. The predicted molar refractivity (Wildman–Crippen MR) is 121 cm³/mol. The second-order valence-electron chi connectivity index (χ2n) is 7.33. The lowest BCUT2D eigenvalue weighted by atomic mass is 9.97. The van der Waals surface area contributed by atoms with E-state index in [1.807, 2.05) is 30.3 Å². The van der Waals surface area contributed by atoms with Crippen molar-refractivity contribution in [2.24, 2.45) is 0 Å². The van der Waals surface area contributed by atoms with Crippen LogP contribution in [0, 0.1) is 0 Å². The Labute approximate surface area is 183 Å². The Balaban J connectivity index is 1.75. The maximum absolute atomic E-state index is 11.0. The highest BCUT2D eigenvalue weighted by Crippen LogP contribution is 2.31. The molecular weight excluding hydrogens is 392 g/mol. The van der Waals surface area contributed by atoms with Gasteiger partial charge in [-0.2, -0.15) is 0 Å². The predicted octanol–water partition coefficient (Wildman–Crippen LogP) is 4.98. The topological polar surface area (TPSA) is 65.0 Å². The molecule has 5 heteroatoms. The monoisotopic (exact) mass is 420 g/mol. The quantitative estimate of drug-likeness (QED) is 0.501. The van der Waals surface area contributed by atoms with E-state index in [1.54, 1.807) is 33.5 Å². The Morgan fingerprint density at radius 1 is 0.677 bits per heavy atom. The fraction of sp³-hybridized carbons (Fsp3) is 0.269. The molecule has 0 saturated carbocycles. The number of hydrogen-bond acceptors (Lipinski definition) is 4. The van der Waals surface area contributed by atoms with Crippen LogP contribution in [0.1, 0.15) is 32.6 Å². The van der Waals surface area contributed by atoms with E-state index in [4.69, 9.17) is 19.3 Å². The molecule has 0 radical (unpaired) electrons. The summed E-state index contributed by atoms with van der Waals surface area (Å²) >= 11 is 0. The summed E-state index contributed by atoms with van der Waals surface area (Å²) in [5, 5.41) is 9.06. The minimum atomic E-state index is -0.912. The normalized spacial score (nSPS) is 10.5. The molecule has 5 nitrogen and oxygen atoms in total. The maximum Gasteiger partial charge on any atom is 0.335 e. The van der Waals surface area contributed by atoms with Crippen LogP contribution in [0.3, 0.4) is 0 Å². The van der Waals surface area contributed by atoms with Crippen LogP contribution < -0.4 is 14.2 Å². The number of ether oxygens (including phenoxy) is 3. The summed E-state index contributed by atoms with van der Waals surface area (Å²) in [6, 6.07) is 19.2. The molecule has 0 aliphatic carbocycles. The molecule has 3 aromatic rings. The van der Waals surface area contributed by atoms with Crippen molar-refractivity contribution in [3.8, 4) is 17.2 Å². The van der Waals surface area contributed by atoms with Gasteiger partial charge in [0.05, 0.1) is 26.9 Å². The maximum atomic E-state index is 11.0. The first-order valence-electron chi connectivity index (χ1n) is 10.2. The third-order valence-electron chi connectivity index (χ3n) is 5.41. The van der Waals surface area contributed by atoms with Crippen LogP contribution >= 0.6 is 0 Å². The largest absolute Gasteiger partial charge is 0.497 e. The zero-order valence-corrected chi connectivity index (χ0v) is 18.2. The van der Waals surface area contributed by atoms with Crippen LogP contribution in [0.4, 0.5) is 0 Å². The van der Waals surface area contributed by atoms with E-state index in [2.05, 4.69) is 18.2 Å². The summed E-state index contributed by atoms with van der Waals surface area (Å²) < 4.78 is 16.4. The van der Waals surface area contributed by atoms with Crippen LogP contribution in [0.2, 0.25) is 0 Å². The molecule has 3 aromatic carbocycles. The Morgan fingerprint density at radius 3 is 1.58 bits per heavy atom. The zero-order valence-electron chi connectivity index (χ0n) is 18.2. The van der Waals surface area contributed by atoms with E-state index >= 15 is 0 Å². The lowest BCUT2D eigenvalue weighted by Gasteiger charge is -2.15. The number of aromatic carboxylic acids is 1. The SMILES string of the molecule is COc1ccc(CCc2cc(CCc3ccc(C(=O)O)cc3)c(OC)cc2OC)cc1. The second-order valence-corrected chi connectivity index (χ2v) is 7.33. The van der Waals surface area contributed by atoms with E-state index in [9.17, 15) is 4.79 Å². The van der Waals surface area contributed by atoms with E-state index < -0.39 is 5.97 Å². The van der Waals surface area contributed by atoms with Gasteiger partial charge in [0.1, 0.15) is 17.2 Å². The number of rotatable bonds is 10. The lowest BCUT2D eigenvalue weighted by Crippen LogP contribution is -2.02. The minimum absolute atomic E-state index is 0.298. The molecule has 0 aliphatic heterocycles. The molecule has 0 aliphatic rings. The van der Waals surface area contributed by atoms with Crippen LogP contribution in [-0.4, -0.2) is 32.4 Å². The van der Waals surface area contributed by atoms with Crippen molar-refractivity contribution in [2.45, 2.75) is 25.7 Å². The molecule has 0 unspecified atom stereocenters. The molecular formula is C26H28O5. The smallest absolute Gasteiger partial charge is 0.335 e. The molecule has 1 N–H and O–H groups in total. The zero-order chi connectivity index (χ0) is 22.2. The first-order chi connectivity index (χ1) is 15.0.